The second-order valence-electron chi connectivity index (χ2n) is 6.64. The van der Waals surface area contributed by atoms with E-state index < -0.39 is 25.9 Å². The fraction of sp³-hybridized carbons (Fsp3) is 0.0455. The Morgan fingerprint density at radius 2 is 1.61 bits per heavy atom. The van der Waals surface area contributed by atoms with E-state index in [2.05, 4.69) is 5.32 Å². The van der Waals surface area contributed by atoms with Gasteiger partial charge in [-0.05, 0) is 66.1 Å². The Labute approximate surface area is 178 Å². The van der Waals surface area contributed by atoms with Crippen molar-refractivity contribution in [3.05, 3.63) is 99.6 Å². The van der Waals surface area contributed by atoms with E-state index in [9.17, 15) is 27.2 Å². The van der Waals surface area contributed by atoms with Crippen LogP contribution in [0.25, 0.3) is 11.6 Å². The highest BCUT2D eigenvalue weighted by Gasteiger charge is 2.16. The molecule has 9 heteroatoms. The molecule has 0 aliphatic carbocycles. The number of rotatable bonds is 6. The van der Waals surface area contributed by atoms with Gasteiger partial charge in [0.1, 0.15) is 0 Å². The third-order valence-electron chi connectivity index (χ3n) is 4.49. The van der Waals surface area contributed by atoms with E-state index in [4.69, 9.17) is 0 Å². The molecule has 1 amide bonds. The number of halogens is 1. The van der Waals surface area contributed by atoms with Gasteiger partial charge >= 0.3 is 10.2 Å². The highest BCUT2D eigenvalue weighted by atomic mass is 32.3. The van der Waals surface area contributed by atoms with Gasteiger partial charge in [0, 0.05) is 23.4 Å². The molecule has 158 valence electrons. The lowest BCUT2D eigenvalue weighted by Gasteiger charge is -2.12. The molecule has 0 aliphatic heterocycles. The van der Waals surface area contributed by atoms with Crippen molar-refractivity contribution >= 4 is 39.2 Å². The molecular weight excluding hydrogens is 423 g/mol. The van der Waals surface area contributed by atoms with Gasteiger partial charge in [-0.3, -0.25) is 14.9 Å². The first-order valence-corrected chi connectivity index (χ1v) is 10.4. The van der Waals surface area contributed by atoms with Gasteiger partial charge in [-0.25, -0.2) is 0 Å². The summed E-state index contributed by atoms with van der Waals surface area (Å²) < 4.78 is 35.0. The lowest BCUT2D eigenvalue weighted by atomic mass is 9.97. The molecule has 0 heterocycles. The molecular formula is C22H17FN2O5S. The summed E-state index contributed by atoms with van der Waals surface area (Å²) in [6.07, 6.45) is 1.60. The van der Waals surface area contributed by atoms with E-state index in [1.165, 1.54) is 36.4 Å². The van der Waals surface area contributed by atoms with Crippen molar-refractivity contribution in [2.24, 2.45) is 0 Å². The Kier molecular flexibility index (Phi) is 6.26. The summed E-state index contributed by atoms with van der Waals surface area (Å²) in [6, 6.07) is 17.6. The molecule has 0 bridgehead atoms. The van der Waals surface area contributed by atoms with E-state index in [0.29, 0.717) is 16.7 Å². The van der Waals surface area contributed by atoms with Crippen LogP contribution in [-0.4, -0.2) is 19.2 Å². The Bertz CT molecular complexity index is 1270. The number of aryl methyl sites for hydroxylation is 1. The van der Waals surface area contributed by atoms with Crippen molar-refractivity contribution in [2.75, 3.05) is 5.32 Å². The number of benzene rings is 3. The maximum Gasteiger partial charge on any atom is 0.332 e. The number of amides is 1. The second-order valence-corrected chi connectivity index (χ2v) is 7.99. The number of carbonyl (C=O) groups is 1. The molecule has 0 atom stereocenters. The van der Waals surface area contributed by atoms with Crippen LogP contribution in [-0.2, 0) is 15.0 Å². The lowest BCUT2D eigenvalue weighted by Crippen LogP contribution is -2.14. The van der Waals surface area contributed by atoms with Crippen molar-refractivity contribution in [1.29, 1.82) is 0 Å². The highest BCUT2D eigenvalue weighted by Crippen LogP contribution is 2.25. The molecule has 3 aromatic carbocycles. The van der Waals surface area contributed by atoms with E-state index in [1.54, 1.807) is 18.2 Å². The Balaban J connectivity index is 1.97. The van der Waals surface area contributed by atoms with Gasteiger partial charge < -0.3 is 5.32 Å². The summed E-state index contributed by atoms with van der Waals surface area (Å²) in [4.78, 5) is 22.9. The summed E-state index contributed by atoms with van der Waals surface area (Å²) in [5, 5.41) is 13.5. The summed E-state index contributed by atoms with van der Waals surface area (Å²) in [7, 11) is -4.84. The van der Waals surface area contributed by atoms with Crippen LogP contribution in [0.1, 0.15) is 16.7 Å². The Morgan fingerprint density at radius 1 is 1.00 bits per heavy atom. The van der Waals surface area contributed by atoms with Crippen LogP contribution in [0.5, 0.6) is 0 Å². The van der Waals surface area contributed by atoms with E-state index in [0.717, 1.165) is 17.7 Å². The molecule has 1 N–H and O–H groups in total. The van der Waals surface area contributed by atoms with Gasteiger partial charge in [0.05, 0.1) is 9.82 Å². The topological polar surface area (TPSA) is 106 Å². The predicted octanol–water partition coefficient (Wildman–Crippen LogP) is 4.74. The average Bonchev–Trinajstić information content (AvgIpc) is 2.72. The fourth-order valence-corrected chi connectivity index (χ4v) is 3.36. The van der Waals surface area contributed by atoms with Gasteiger partial charge in [-0.1, -0.05) is 24.3 Å². The first kappa shape index (κ1) is 21.8. The first-order valence-electron chi connectivity index (χ1n) is 9.03. The van der Waals surface area contributed by atoms with Gasteiger partial charge in [0.15, 0.2) is 0 Å². The van der Waals surface area contributed by atoms with E-state index >= 15 is 0 Å². The number of nitro groups is 1. The third kappa shape index (κ3) is 5.40. The standard InChI is InChI=1S/C22H17FN2O5S/c1-15-4-2-3-5-20(15)21(14-16-6-10-18(11-7-16)25(27)28)22(26)24-17-8-12-19(13-9-17)31(23,29)30/h2-14H,1H3,(H,24,26). The van der Waals surface area contributed by atoms with Gasteiger partial charge in [0.25, 0.3) is 11.6 Å². The van der Waals surface area contributed by atoms with Crippen LogP contribution in [0.4, 0.5) is 15.3 Å². The molecule has 0 spiro atoms. The van der Waals surface area contributed by atoms with Crippen LogP contribution in [0.15, 0.2) is 77.7 Å². The highest BCUT2D eigenvalue weighted by molar-refractivity contribution is 7.86. The number of hydrogen-bond donors (Lipinski definition) is 1. The number of hydrogen-bond acceptors (Lipinski definition) is 5. The number of nitro benzene ring substituents is 1. The quantitative estimate of drug-likeness (QED) is 0.196. The van der Waals surface area contributed by atoms with Crippen molar-refractivity contribution in [1.82, 2.24) is 0 Å². The van der Waals surface area contributed by atoms with Crippen LogP contribution >= 0.6 is 0 Å². The monoisotopic (exact) mass is 440 g/mol. The normalized spacial score (nSPS) is 11.7. The molecule has 31 heavy (non-hydrogen) atoms. The minimum Gasteiger partial charge on any atom is -0.322 e. The number of carbonyl (C=O) groups excluding carboxylic acids is 1. The summed E-state index contributed by atoms with van der Waals surface area (Å²) in [5.74, 6) is -0.483. The zero-order chi connectivity index (χ0) is 22.6. The molecule has 0 saturated carbocycles. The maximum absolute atomic E-state index is 13.1. The zero-order valence-electron chi connectivity index (χ0n) is 16.3. The van der Waals surface area contributed by atoms with Crippen LogP contribution in [0.2, 0.25) is 0 Å². The molecule has 7 nitrogen and oxygen atoms in total. The Hall–Kier alpha value is -3.85. The molecule has 0 aliphatic rings. The molecule has 3 aromatic rings. The molecule has 0 fully saturated rings. The summed E-state index contributed by atoms with van der Waals surface area (Å²) in [5.41, 5.74) is 2.58. The van der Waals surface area contributed by atoms with Gasteiger partial charge in [0.2, 0.25) is 0 Å². The average molecular weight is 440 g/mol. The summed E-state index contributed by atoms with van der Waals surface area (Å²) >= 11 is 0. The maximum atomic E-state index is 13.1. The Morgan fingerprint density at radius 3 is 2.16 bits per heavy atom. The van der Waals surface area contributed by atoms with Gasteiger partial charge in [-0.15, -0.1) is 3.89 Å². The lowest BCUT2D eigenvalue weighted by molar-refractivity contribution is -0.384. The van der Waals surface area contributed by atoms with Crippen LogP contribution < -0.4 is 5.32 Å². The van der Waals surface area contributed by atoms with E-state index in [-0.39, 0.29) is 11.4 Å². The van der Waals surface area contributed by atoms with Crippen molar-refractivity contribution < 1.29 is 22.0 Å². The molecule has 0 saturated heterocycles. The number of non-ortho nitro benzene ring substituents is 1. The van der Waals surface area contributed by atoms with Crippen LogP contribution in [0.3, 0.4) is 0 Å². The summed E-state index contributed by atoms with van der Waals surface area (Å²) in [6.45, 7) is 1.84. The largest absolute Gasteiger partial charge is 0.332 e. The van der Waals surface area contributed by atoms with Crippen molar-refractivity contribution in [3.63, 3.8) is 0 Å². The minimum atomic E-state index is -4.84. The SMILES string of the molecule is Cc1ccccc1C(=Cc1ccc([N+](=O)[O-])cc1)C(=O)Nc1ccc(S(=O)(=O)F)cc1. The zero-order valence-corrected chi connectivity index (χ0v) is 17.1. The number of anilines is 1. The first-order chi connectivity index (χ1) is 14.6. The molecule has 0 unspecified atom stereocenters. The van der Waals surface area contributed by atoms with Crippen molar-refractivity contribution in [2.45, 2.75) is 11.8 Å². The number of nitrogens with zero attached hydrogens (tertiary/aromatic N) is 1. The molecule has 0 aromatic heterocycles. The smallest absolute Gasteiger partial charge is 0.322 e. The minimum absolute atomic E-state index is 0.0676. The predicted molar refractivity (Wildman–Crippen MR) is 116 cm³/mol. The van der Waals surface area contributed by atoms with Gasteiger partial charge in [-0.2, -0.15) is 8.42 Å². The third-order valence-corrected chi connectivity index (χ3v) is 5.32. The van der Waals surface area contributed by atoms with E-state index in [1.807, 2.05) is 19.1 Å². The number of nitrogens with one attached hydrogen (secondary N) is 1. The molecule has 3 rings (SSSR count). The molecule has 0 radical (unpaired) electrons. The fourth-order valence-electron chi connectivity index (χ4n) is 2.90. The van der Waals surface area contributed by atoms with Crippen LogP contribution in [0, 0.1) is 17.0 Å². The van der Waals surface area contributed by atoms with Crippen molar-refractivity contribution in [3.8, 4) is 0 Å². The second kappa shape index (κ2) is 8.88.